The van der Waals surface area contributed by atoms with Crippen molar-refractivity contribution >= 4 is 22.9 Å². The first-order chi connectivity index (χ1) is 7.74. The normalized spacial score (nSPS) is 12.1. The van der Waals surface area contributed by atoms with Gasteiger partial charge in [-0.1, -0.05) is 0 Å². The summed E-state index contributed by atoms with van der Waals surface area (Å²) in [5.74, 6) is 0.0160. The summed E-state index contributed by atoms with van der Waals surface area (Å²) in [6.45, 7) is 3.18. The molecule has 0 aliphatic rings. The molecule has 0 bridgehead atoms. The highest BCUT2D eigenvalue weighted by molar-refractivity contribution is 7.08. The lowest BCUT2D eigenvalue weighted by Crippen LogP contribution is -2.38. The van der Waals surface area contributed by atoms with Gasteiger partial charge in [0, 0.05) is 31.3 Å². The summed E-state index contributed by atoms with van der Waals surface area (Å²) in [7, 11) is 1.66. The van der Waals surface area contributed by atoms with Gasteiger partial charge in [0.15, 0.2) is 0 Å². The molecule has 1 heterocycles. The zero-order valence-corrected chi connectivity index (χ0v) is 10.5. The Kier molecular flexibility index (Phi) is 5.88. The van der Waals surface area contributed by atoms with Gasteiger partial charge in [-0.15, -0.1) is 0 Å². The van der Waals surface area contributed by atoms with E-state index in [1.165, 1.54) is 0 Å². The summed E-state index contributed by atoms with van der Waals surface area (Å²) >= 11 is 1.61. The highest BCUT2D eigenvalue weighted by Gasteiger charge is 2.11. The number of hydrogen-bond acceptors (Lipinski definition) is 4. The van der Waals surface area contributed by atoms with E-state index < -0.39 is 0 Å². The summed E-state index contributed by atoms with van der Waals surface area (Å²) < 4.78 is 4.90. The van der Waals surface area contributed by atoms with E-state index in [1.54, 1.807) is 18.4 Å². The van der Waals surface area contributed by atoms with Crippen molar-refractivity contribution in [2.45, 2.75) is 19.4 Å². The average Bonchev–Trinajstić information content (AvgIpc) is 2.76. The van der Waals surface area contributed by atoms with Crippen LogP contribution in [0.15, 0.2) is 16.8 Å². The van der Waals surface area contributed by atoms with Crippen LogP contribution in [0.5, 0.6) is 0 Å². The molecular weight excluding hydrogens is 224 g/mol. The van der Waals surface area contributed by atoms with Gasteiger partial charge in [0.25, 0.3) is 0 Å². The van der Waals surface area contributed by atoms with E-state index in [9.17, 15) is 4.79 Å². The van der Waals surface area contributed by atoms with Gasteiger partial charge in [-0.2, -0.15) is 11.3 Å². The smallest absolute Gasteiger partial charge is 0.242 e. The molecule has 1 rings (SSSR count). The number of carbonyl (C=O) groups is 1. The van der Waals surface area contributed by atoms with Crippen LogP contribution in [0.3, 0.4) is 0 Å². The maximum atomic E-state index is 11.6. The Hall–Kier alpha value is -1.07. The SMILES string of the molecule is COCCCNC(=O)C(C)Nc1ccsc1. The number of methoxy groups -OCH3 is 1. The van der Waals surface area contributed by atoms with E-state index in [4.69, 9.17) is 4.74 Å². The Morgan fingerprint density at radius 1 is 1.62 bits per heavy atom. The van der Waals surface area contributed by atoms with Crippen LogP contribution < -0.4 is 10.6 Å². The Morgan fingerprint density at radius 2 is 2.44 bits per heavy atom. The van der Waals surface area contributed by atoms with Gasteiger partial charge < -0.3 is 15.4 Å². The lowest BCUT2D eigenvalue weighted by Gasteiger charge is -2.13. The molecule has 90 valence electrons. The molecule has 5 heteroatoms. The molecule has 0 spiro atoms. The summed E-state index contributed by atoms with van der Waals surface area (Å²) in [5, 5.41) is 9.94. The maximum absolute atomic E-state index is 11.6. The highest BCUT2D eigenvalue weighted by atomic mass is 32.1. The molecule has 0 saturated carbocycles. The highest BCUT2D eigenvalue weighted by Crippen LogP contribution is 2.12. The molecule has 1 aromatic rings. The molecule has 1 amide bonds. The quantitative estimate of drug-likeness (QED) is 0.716. The zero-order valence-electron chi connectivity index (χ0n) is 9.66. The van der Waals surface area contributed by atoms with E-state index >= 15 is 0 Å². The van der Waals surface area contributed by atoms with E-state index in [1.807, 2.05) is 23.8 Å². The van der Waals surface area contributed by atoms with E-state index in [-0.39, 0.29) is 11.9 Å². The molecule has 0 radical (unpaired) electrons. The largest absolute Gasteiger partial charge is 0.385 e. The standard InChI is InChI=1S/C11H18N2O2S/c1-9(13-10-4-7-16-8-10)11(14)12-5-3-6-15-2/h4,7-9,13H,3,5-6H2,1-2H3,(H,12,14). The first kappa shape index (κ1) is 13.0. The van der Waals surface area contributed by atoms with Crippen LogP contribution in [0.2, 0.25) is 0 Å². The Labute approximate surface area is 100 Å². The molecule has 0 aliphatic heterocycles. The molecule has 0 saturated heterocycles. The van der Waals surface area contributed by atoms with Crippen LogP contribution >= 0.6 is 11.3 Å². The molecule has 0 aromatic carbocycles. The monoisotopic (exact) mass is 242 g/mol. The van der Waals surface area contributed by atoms with Crippen LogP contribution in [0, 0.1) is 0 Å². The molecule has 1 unspecified atom stereocenters. The fourth-order valence-corrected chi connectivity index (χ4v) is 1.84. The van der Waals surface area contributed by atoms with Crippen molar-refractivity contribution in [1.82, 2.24) is 5.32 Å². The predicted octanol–water partition coefficient (Wildman–Crippen LogP) is 1.70. The number of amides is 1. The molecule has 2 N–H and O–H groups in total. The number of rotatable bonds is 7. The Bertz CT molecular complexity index is 301. The molecule has 16 heavy (non-hydrogen) atoms. The lowest BCUT2D eigenvalue weighted by atomic mass is 10.3. The summed E-state index contributed by atoms with van der Waals surface area (Å²) in [4.78, 5) is 11.6. The second-order valence-electron chi connectivity index (χ2n) is 3.52. The first-order valence-corrected chi connectivity index (χ1v) is 6.23. The number of hydrogen-bond donors (Lipinski definition) is 2. The predicted molar refractivity (Wildman–Crippen MR) is 66.9 cm³/mol. The van der Waals surface area contributed by atoms with Crippen LogP contribution in [0.1, 0.15) is 13.3 Å². The van der Waals surface area contributed by atoms with Crippen molar-refractivity contribution in [2.24, 2.45) is 0 Å². The Balaban J connectivity index is 2.20. The second-order valence-corrected chi connectivity index (χ2v) is 4.30. The first-order valence-electron chi connectivity index (χ1n) is 5.29. The van der Waals surface area contributed by atoms with Crippen LogP contribution in [0.25, 0.3) is 0 Å². The molecule has 1 atom stereocenters. The third-order valence-electron chi connectivity index (χ3n) is 2.12. The van der Waals surface area contributed by atoms with Gasteiger partial charge in [-0.05, 0) is 24.8 Å². The topological polar surface area (TPSA) is 50.4 Å². The minimum atomic E-state index is -0.211. The number of carbonyl (C=O) groups excluding carboxylic acids is 1. The number of ether oxygens (including phenoxy) is 1. The second kappa shape index (κ2) is 7.24. The Morgan fingerprint density at radius 3 is 3.06 bits per heavy atom. The van der Waals surface area contributed by atoms with Gasteiger partial charge in [-0.25, -0.2) is 0 Å². The van der Waals surface area contributed by atoms with Crippen molar-refractivity contribution in [3.63, 3.8) is 0 Å². The molecule has 4 nitrogen and oxygen atoms in total. The van der Waals surface area contributed by atoms with Crippen LogP contribution in [-0.4, -0.2) is 32.2 Å². The van der Waals surface area contributed by atoms with Crippen molar-refractivity contribution < 1.29 is 9.53 Å². The van der Waals surface area contributed by atoms with Gasteiger partial charge in [-0.3, -0.25) is 4.79 Å². The molecule has 1 aromatic heterocycles. The van der Waals surface area contributed by atoms with Crippen LogP contribution in [0.4, 0.5) is 5.69 Å². The zero-order chi connectivity index (χ0) is 11.8. The van der Waals surface area contributed by atoms with Gasteiger partial charge in [0.1, 0.15) is 6.04 Å². The fourth-order valence-electron chi connectivity index (χ4n) is 1.24. The van der Waals surface area contributed by atoms with Crippen molar-refractivity contribution in [2.75, 3.05) is 25.6 Å². The van der Waals surface area contributed by atoms with Gasteiger partial charge in [0.2, 0.25) is 5.91 Å². The minimum absolute atomic E-state index is 0.0160. The summed E-state index contributed by atoms with van der Waals surface area (Å²) in [6.07, 6.45) is 0.841. The maximum Gasteiger partial charge on any atom is 0.242 e. The number of anilines is 1. The van der Waals surface area contributed by atoms with E-state index in [2.05, 4.69) is 10.6 Å². The molecule has 0 aliphatic carbocycles. The minimum Gasteiger partial charge on any atom is -0.385 e. The van der Waals surface area contributed by atoms with Gasteiger partial charge in [0.05, 0.1) is 0 Å². The third-order valence-corrected chi connectivity index (χ3v) is 2.81. The van der Waals surface area contributed by atoms with E-state index in [0.29, 0.717) is 13.2 Å². The van der Waals surface area contributed by atoms with Crippen molar-refractivity contribution in [3.05, 3.63) is 16.8 Å². The molecular formula is C11H18N2O2S. The summed E-state index contributed by atoms with van der Waals surface area (Å²) in [5.41, 5.74) is 0.990. The van der Waals surface area contributed by atoms with Crippen LogP contribution in [-0.2, 0) is 9.53 Å². The van der Waals surface area contributed by atoms with Crippen molar-refractivity contribution in [1.29, 1.82) is 0 Å². The van der Waals surface area contributed by atoms with Gasteiger partial charge >= 0.3 is 0 Å². The summed E-state index contributed by atoms with van der Waals surface area (Å²) in [6, 6.07) is 1.75. The van der Waals surface area contributed by atoms with E-state index in [0.717, 1.165) is 12.1 Å². The number of nitrogens with one attached hydrogen (secondary N) is 2. The van der Waals surface area contributed by atoms with Crippen molar-refractivity contribution in [3.8, 4) is 0 Å². The average molecular weight is 242 g/mol. The number of thiophene rings is 1. The lowest BCUT2D eigenvalue weighted by molar-refractivity contribution is -0.121. The third kappa shape index (κ3) is 4.63. The fraction of sp³-hybridized carbons (Fsp3) is 0.545. The molecule has 0 fully saturated rings.